The second-order valence-electron chi connectivity index (χ2n) is 9.50. The van der Waals surface area contributed by atoms with Gasteiger partial charge in [0.2, 0.25) is 0 Å². The first-order chi connectivity index (χ1) is 17.6. The van der Waals surface area contributed by atoms with E-state index < -0.39 is 17.2 Å². The highest BCUT2D eigenvalue weighted by molar-refractivity contribution is 5.61. The highest BCUT2D eigenvalue weighted by Crippen LogP contribution is 2.36. The summed E-state index contributed by atoms with van der Waals surface area (Å²) in [7, 11) is 1.56. The number of nitriles is 1. The molecular weight excluding hydrogens is 481 g/mol. The number of halogens is 3. The summed E-state index contributed by atoms with van der Waals surface area (Å²) in [6.45, 7) is 4.71. The number of nitrogens with zero attached hydrogens (tertiary/aromatic N) is 5. The molecular formula is C27H29F3N6O. The molecule has 0 unspecified atom stereocenters. The van der Waals surface area contributed by atoms with Gasteiger partial charge in [-0.15, -0.1) is 0 Å². The smallest absolute Gasteiger partial charge is 0.377 e. The van der Waals surface area contributed by atoms with Crippen LogP contribution < -0.4 is 10.2 Å². The maximum absolute atomic E-state index is 13.6. The lowest BCUT2D eigenvalue weighted by atomic mass is 9.86. The van der Waals surface area contributed by atoms with E-state index >= 15 is 0 Å². The molecule has 3 aromatic rings. The SMILES string of the molecule is COCc1nc2c(c(Nc3ccc(C(C)(C)C#N)cc3)n1)CCCN(c1ncccc1C(F)(F)F)CC2. The van der Waals surface area contributed by atoms with Gasteiger partial charge in [0.15, 0.2) is 5.82 Å². The maximum atomic E-state index is 13.6. The highest BCUT2D eigenvalue weighted by atomic mass is 19.4. The molecule has 0 spiro atoms. The number of rotatable bonds is 6. The van der Waals surface area contributed by atoms with Crippen LogP contribution in [-0.2, 0) is 35.8 Å². The van der Waals surface area contributed by atoms with Crippen molar-refractivity contribution in [2.75, 3.05) is 30.4 Å². The van der Waals surface area contributed by atoms with Crippen LogP contribution in [-0.4, -0.2) is 35.2 Å². The van der Waals surface area contributed by atoms with Crippen molar-refractivity contribution in [1.82, 2.24) is 15.0 Å². The van der Waals surface area contributed by atoms with Gasteiger partial charge >= 0.3 is 6.18 Å². The number of pyridine rings is 1. The molecule has 1 aliphatic rings. The number of nitrogens with one attached hydrogen (secondary N) is 1. The van der Waals surface area contributed by atoms with Crippen molar-refractivity contribution in [2.24, 2.45) is 0 Å². The lowest BCUT2D eigenvalue weighted by molar-refractivity contribution is -0.137. The number of methoxy groups -OCH3 is 1. The minimum Gasteiger partial charge on any atom is -0.377 e. The highest BCUT2D eigenvalue weighted by Gasteiger charge is 2.36. The molecule has 194 valence electrons. The van der Waals surface area contributed by atoms with Crippen LogP contribution in [0.25, 0.3) is 0 Å². The number of anilines is 3. The van der Waals surface area contributed by atoms with Gasteiger partial charge < -0.3 is 15.0 Å². The number of fused-ring (bicyclic) bond motifs is 1. The summed E-state index contributed by atoms with van der Waals surface area (Å²) in [5.41, 5.74) is 2.11. The molecule has 3 heterocycles. The first kappa shape index (κ1) is 26.4. The van der Waals surface area contributed by atoms with Gasteiger partial charge in [0, 0.05) is 44.1 Å². The monoisotopic (exact) mass is 510 g/mol. The van der Waals surface area contributed by atoms with Crippen LogP contribution >= 0.6 is 0 Å². The molecule has 10 heteroatoms. The zero-order valence-electron chi connectivity index (χ0n) is 21.1. The first-order valence-electron chi connectivity index (χ1n) is 12.1. The Morgan fingerprint density at radius 2 is 1.84 bits per heavy atom. The van der Waals surface area contributed by atoms with E-state index in [2.05, 4.69) is 26.3 Å². The predicted molar refractivity (Wildman–Crippen MR) is 135 cm³/mol. The summed E-state index contributed by atoms with van der Waals surface area (Å²) < 4.78 is 46.1. The van der Waals surface area contributed by atoms with Gasteiger partial charge in [0.05, 0.1) is 22.7 Å². The molecule has 7 nitrogen and oxygen atoms in total. The number of ether oxygens (including phenoxy) is 1. The Labute approximate surface area is 214 Å². The molecule has 0 amide bonds. The average Bonchev–Trinajstić information content (AvgIpc) is 2.85. The van der Waals surface area contributed by atoms with Gasteiger partial charge in [-0.2, -0.15) is 18.4 Å². The Bertz CT molecular complexity index is 1280. The minimum absolute atomic E-state index is 0.0525. The second kappa shape index (κ2) is 10.7. The maximum Gasteiger partial charge on any atom is 0.419 e. The van der Waals surface area contributed by atoms with E-state index in [4.69, 9.17) is 4.74 Å². The molecule has 0 atom stereocenters. The van der Waals surface area contributed by atoms with Crippen molar-refractivity contribution in [1.29, 1.82) is 5.26 Å². The Kier molecular flexibility index (Phi) is 7.64. The number of hydrogen-bond acceptors (Lipinski definition) is 7. The largest absolute Gasteiger partial charge is 0.419 e. The van der Waals surface area contributed by atoms with Crippen LogP contribution in [0.4, 0.5) is 30.5 Å². The molecule has 1 aliphatic heterocycles. The molecule has 0 saturated heterocycles. The molecule has 37 heavy (non-hydrogen) atoms. The fraction of sp³-hybridized carbons (Fsp3) is 0.407. The van der Waals surface area contributed by atoms with E-state index in [0.29, 0.717) is 44.0 Å². The number of benzene rings is 1. The van der Waals surface area contributed by atoms with Gasteiger partial charge in [-0.05, 0) is 56.5 Å². The fourth-order valence-corrected chi connectivity index (χ4v) is 4.40. The van der Waals surface area contributed by atoms with Crippen LogP contribution in [0.15, 0.2) is 42.6 Å². The van der Waals surface area contributed by atoms with E-state index in [1.54, 1.807) is 12.0 Å². The Morgan fingerprint density at radius 3 is 2.51 bits per heavy atom. The summed E-state index contributed by atoms with van der Waals surface area (Å²) in [5.74, 6) is 1.10. The number of hydrogen-bond donors (Lipinski definition) is 1. The van der Waals surface area contributed by atoms with E-state index in [1.165, 1.54) is 12.3 Å². The van der Waals surface area contributed by atoms with E-state index in [1.807, 2.05) is 38.1 Å². The molecule has 0 saturated carbocycles. The third-order valence-corrected chi connectivity index (χ3v) is 6.43. The average molecular weight is 511 g/mol. The molecule has 0 fully saturated rings. The predicted octanol–water partition coefficient (Wildman–Crippen LogP) is 5.58. The molecule has 0 aliphatic carbocycles. The van der Waals surface area contributed by atoms with Crippen LogP contribution in [0, 0.1) is 11.3 Å². The van der Waals surface area contributed by atoms with Crippen molar-refractivity contribution in [3.8, 4) is 6.07 Å². The molecule has 4 rings (SSSR count). The Hall–Kier alpha value is -3.71. The van der Waals surface area contributed by atoms with Gasteiger partial charge in [0.1, 0.15) is 18.2 Å². The topological polar surface area (TPSA) is 87.0 Å². The Morgan fingerprint density at radius 1 is 1.08 bits per heavy atom. The van der Waals surface area contributed by atoms with Gasteiger partial charge in [0.25, 0.3) is 0 Å². The van der Waals surface area contributed by atoms with Gasteiger partial charge in [-0.1, -0.05) is 12.1 Å². The van der Waals surface area contributed by atoms with Crippen LogP contribution in [0.1, 0.15) is 48.5 Å². The molecule has 1 aromatic carbocycles. The lowest BCUT2D eigenvalue weighted by Crippen LogP contribution is -2.32. The van der Waals surface area contributed by atoms with Gasteiger partial charge in [-0.3, -0.25) is 0 Å². The summed E-state index contributed by atoms with van der Waals surface area (Å²) in [5, 5.41) is 12.8. The summed E-state index contributed by atoms with van der Waals surface area (Å²) in [6.07, 6.45) is -1.45. The minimum atomic E-state index is -4.48. The summed E-state index contributed by atoms with van der Waals surface area (Å²) in [6, 6.07) is 12.3. The fourth-order valence-electron chi connectivity index (χ4n) is 4.40. The van der Waals surface area contributed by atoms with E-state index in [9.17, 15) is 18.4 Å². The standard InChI is InChI=1S/C27H29F3N6O/c1-26(2,17-31)18-8-10-19(11-9-18)33-24-20-6-5-14-36(15-12-22(20)34-23(35-24)16-37-3)25-21(27(28,29)30)7-4-13-32-25/h4,7-11,13H,5-6,12,14-16H2,1-3H3,(H,33,34,35). The molecule has 2 aromatic heterocycles. The summed E-state index contributed by atoms with van der Waals surface area (Å²) in [4.78, 5) is 15.1. The quantitative estimate of drug-likeness (QED) is 0.463. The van der Waals surface area contributed by atoms with E-state index in [-0.39, 0.29) is 12.4 Å². The molecule has 0 bridgehead atoms. The summed E-state index contributed by atoms with van der Waals surface area (Å²) >= 11 is 0. The zero-order chi connectivity index (χ0) is 26.6. The molecule has 1 N–H and O–H groups in total. The Balaban J connectivity index is 1.63. The van der Waals surface area contributed by atoms with Crippen molar-refractivity contribution < 1.29 is 17.9 Å². The normalized spacial score (nSPS) is 14.4. The molecule has 0 radical (unpaired) electrons. The number of aromatic nitrogens is 3. The van der Waals surface area contributed by atoms with Crippen LogP contribution in [0.5, 0.6) is 0 Å². The van der Waals surface area contributed by atoms with Crippen molar-refractivity contribution >= 4 is 17.3 Å². The van der Waals surface area contributed by atoms with E-state index in [0.717, 1.165) is 28.6 Å². The zero-order valence-corrected chi connectivity index (χ0v) is 21.1. The van der Waals surface area contributed by atoms with Crippen molar-refractivity contribution in [3.05, 3.63) is 70.8 Å². The van der Waals surface area contributed by atoms with Crippen LogP contribution in [0.3, 0.4) is 0 Å². The number of alkyl halides is 3. The van der Waals surface area contributed by atoms with Crippen molar-refractivity contribution in [3.63, 3.8) is 0 Å². The van der Waals surface area contributed by atoms with Crippen LogP contribution in [0.2, 0.25) is 0 Å². The second-order valence-corrected chi connectivity index (χ2v) is 9.50. The first-order valence-corrected chi connectivity index (χ1v) is 12.1. The van der Waals surface area contributed by atoms with Crippen molar-refractivity contribution in [2.45, 2.75) is 51.3 Å². The van der Waals surface area contributed by atoms with Gasteiger partial charge in [-0.25, -0.2) is 15.0 Å². The lowest BCUT2D eigenvalue weighted by Gasteiger charge is -2.29. The third-order valence-electron chi connectivity index (χ3n) is 6.43. The third kappa shape index (κ3) is 6.00.